The molecule has 0 saturated heterocycles. The number of aryl methyl sites for hydroxylation is 2. The molecule has 0 aromatic heterocycles. The first-order valence-corrected chi connectivity index (χ1v) is 13.9. The number of carbonyl (C=O) groups excluding carboxylic acids is 1. The van der Waals surface area contributed by atoms with Gasteiger partial charge in [-0.3, -0.25) is 14.8 Å². The van der Waals surface area contributed by atoms with Gasteiger partial charge in [-0.05, 0) is 97.7 Å². The summed E-state index contributed by atoms with van der Waals surface area (Å²) >= 11 is 8.66. The normalized spacial score (nSPS) is 11.2. The van der Waals surface area contributed by atoms with Crippen molar-refractivity contribution in [1.82, 2.24) is 5.32 Å². The van der Waals surface area contributed by atoms with Crippen molar-refractivity contribution in [3.8, 4) is 5.75 Å². The summed E-state index contributed by atoms with van der Waals surface area (Å²) < 4.78 is 34.7. The van der Waals surface area contributed by atoms with Crippen molar-refractivity contribution >= 4 is 60.6 Å². The zero-order chi connectivity index (χ0) is 26.5. The molecule has 0 aliphatic heterocycles. The molecule has 0 saturated carbocycles. The van der Waals surface area contributed by atoms with Gasteiger partial charge in [0.15, 0.2) is 5.11 Å². The number of rotatable bonds is 8. The fourth-order valence-electron chi connectivity index (χ4n) is 3.36. The Morgan fingerprint density at radius 3 is 2.22 bits per heavy atom. The van der Waals surface area contributed by atoms with Crippen LogP contribution in [0.1, 0.15) is 35.3 Å². The highest BCUT2D eigenvalue weighted by atomic mass is 79.9. The molecule has 0 bridgehead atoms. The van der Waals surface area contributed by atoms with E-state index in [0.29, 0.717) is 35.2 Å². The molecule has 0 atom stereocenters. The van der Waals surface area contributed by atoms with Gasteiger partial charge < -0.3 is 10.1 Å². The van der Waals surface area contributed by atoms with Crippen molar-refractivity contribution < 1.29 is 17.9 Å². The van der Waals surface area contributed by atoms with E-state index in [1.807, 2.05) is 33.8 Å². The topological polar surface area (TPSA) is 96.5 Å². The van der Waals surface area contributed by atoms with Gasteiger partial charge in [0.05, 0.1) is 17.1 Å². The van der Waals surface area contributed by atoms with E-state index in [1.54, 1.807) is 42.5 Å². The molecule has 0 unspecified atom stereocenters. The van der Waals surface area contributed by atoms with Crippen LogP contribution in [-0.4, -0.2) is 26.0 Å². The van der Waals surface area contributed by atoms with Gasteiger partial charge in [0, 0.05) is 15.8 Å². The number of halogens is 1. The Balaban J connectivity index is 1.66. The third kappa shape index (κ3) is 7.78. The van der Waals surface area contributed by atoms with Gasteiger partial charge >= 0.3 is 0 Å². The maximum Gasteiger partial charge on any atom is 0.261 e. The van der Waals surface area contributed by atoms with E-state index in [1.165, 1.54) is 12.1 Å². The van der Waals surface area contributed by atoms with Crippen molar-refractivity contribution in [2.45, 2.75) is 32.6 Å². The van der Waals surface area contributed by atoms with Gasteiger partial charge in [0.25, 0.3) is 15.9 Å². The Morgan fingerprint density at radius 2 is 1.61 bits per heavy atom. The number of hydrogen-bond acceptors (Lipinski definition) is 5. The predicted molar refractivity (Wildman–Crippen MR) is 151 cm³/mol. The minimum atomic E-state index is -3.77. The van der Waals surface area contributed by atoms with Crippen molar-refractivity contribution in [2.24, 2.45) is 5.92 Å². The largest absolute Gasteiger partial charge is 0.492 e. The number of carbonyl (C=O) groups is 1. The van der Waals surface area contributed by atoms with Crippen molar-refractivity contribution in [3.05, 3.63) is 81.8 Å². The monoisotopic (exact) mass is 589 g/mol. The summed E-state index contributed by atoms with van der Waals surface area (Å²) in [6.07, 6.45) is 0. The smallest absolute Gasteiger partial charge is 0.261 e. The Morgan fingerprint density at radius 1 is 0.972 bits per heavy atom. The highest BCUT2D eigenvalue weighted by Gasteiger charge is 2.17. The lowest BCUT2D eigenvalue weighted by Crippen LogP contribution is -2.34. The SMILES string of the molecule is Cc1cc(C)cc(NS(=O)(=O)c2ccc(NC(=S)NC(=O)c3cc(Br)ccc3OCC(C)C)cc2)c1. The third-order valence-corrected chi connectivity index (χ3v) is 6.98. The number of sulfonamides is 1. The second-order valence-electron chi connectivity index (χ2n) is 8.76. The maximum atomic E-state index is 12.8. The van der Waals surface area contributed by atoms with Crippen molar-refractivity contribution in [3.63, 3.8) is 0 Å². The summed E-state index contributed by atoms with van der Waals surface area (Å²) in [5.74, 6) is 0.331. The van der Waals surface area contributed by atoms with Gasteiger partial charge in [-0.1, -0.05) is 35.8 Å². The fourth-order valence-corrected chi connectivity index (χ4v) is 4.97. The number of thiocarbonyl (C=S) groups is 1. The van der Waals surface area contributed by atoms with Crippen LogP contribution in [0, 0.1) is 19.8 Å². The second-order valence-corrected chi connectivity index (χ2v) is 11.8. The average molecular weight is 591 g/mol. The molecule has 190 valence electrons. The number of amides is 1. The van der Waals surface area contributed by atoms with Crippen LogP contribution >= 0.6 is 28.1 Å². The summed E-state index contributed by atoms with van der Waals surface area (Å²) in [6.45, 7) is 8.33. The molecule has 0 heterocycles. The minimum Gasteiger partial charge on any atom is -0.492 e. The number of anilines is 2. The number of benzene rings is 3. The minimum absolute atomic E-state index is 0.0683. The standard InChI is InChI=1S/C26H28BrN3O4S2/c1-16(2)15-34-24-10-5-19(27)14-23(24)25(31)29-26(35)28-20-6-8-22(9-7-20)36(32,33)30-21-12-17(3)11-18(4)13-21/h5-14,16,30H,15H2,1-4H3,(H2,28,29,31,35). The molecule has 1 amide bonds. The summed E-state index contributed by atoms with van der Waals surface area (Å²) in [5, 5.41) is 5.61. The van der Waals surface area contributed by atoms with Crippen molar-refractivity contribution in [1.29, 1.82) is 0 Å². The summed E-state index contributed by atoms with van der Waals surface area (Å²) in [4.78, 5) is 12.9. The van der Waals surface area contributed by atoms with Crippen LogP contribution in [0.15, 0.2) is 70.0 Å². The molecule has 0 spiro atoms. The van der Waals surface area contributed by atoms with Crippen LogP contribution in [0.25, 0.3) is 0 Å². The molecular weight excluding hydrogens is 562 g/mol. The zero-order valence-corrected chi connectivity index (χ0v) is 23.6. The van der Waals surface area contributed by atoms with Crippen LogP contribution in [0.5, 0.6) is 5.75 Å². The van der Waals surface area contributed by atoms with Crippen LogP contribution in [0.3, 0.4) is 0 Å². The third-order valence-electron chi connectivity index (χ3n) is 4.88. The predicted octanol–water partition coefficient (Wildman–Crippen LogP) is 6.03. The highest BCUT2D eigenvalue weighted by molar-refractivity contribution is 9.10. The van der Waals surface area contributed by atoms with Gasteiger partial charge in [0.2, 0.25) is 0 Å². The maximum absolute atomic E-state index is 12.8. The van der Waals surface area contributed by atoms with Crippen LogP contribution in [0.2, 0.25) is 0 Å². The molecule has 0 fully saturated rings. The summed E-state index contributed by atoms with van der Waals surface area (Å²) in [6, 6.07) is 16.8. The van der Waals surface area contributed by atoms with Gasteiger partial charge in [0.1, 0.15) is 5.75 Å². The molecule has 3 rings (SSSR count). The number of nitrogens with one attached hydrogen (secondary N) is 3. The molecule has 0 aliphatic rings. The van der Waals surface area contributed by atoms with Gasteiger partial charge in [-0.2, -0.15) is 0 Å². The van der Waals surface area contributed by atoms with Gasteiger partial charge in [-0.25, -0.2) is 8.42 Å². The van der Waals surface area contributed by atoms with E-state index < -0.39 is 15.9 Å². The Hall–Kier alpha value is -2.95. The van der Waals surface area contributed by atoms with Crippen LogP contribution in [0.4, 0.5) is 11.4 Å². The second kappa shape index (κ2) is 11.9. The number of ether oxygens (including phenoxy) is 1. The lowest BCUT2D eigenvalue weighted by atomic mass is 10.1. The Labute approximate surface area is 225 Å². The van der Waals surface area contributed by atoms with Crippen LogP contribution in [-0.2, 0) is 10.0 Å². The molecule has 10 heteroatoms. The Kier molecular flexibility index (Phi) is 9.10. The van der Waals surface area contributed by atoms with E-state index in [4.69, 9.17) is 17.0 Å². The van der Waals surface area contributed by atoms with E-state index in [-0.39, 0.29) is 10.0 Å². The molecule has 3 aromatic rings. The lowest BCUT2D eigenvalue weighted by Gasteiger charge is -2.15. The lowest BCUT2D eigenvalue weighted by molar-refractivity contribution is 0.0973. The molecule has 36 heavy (non-hydrogen) atoms. The fraction of sp³-hybridized carbons (Fsp3) is 0.231. The van der Waals surface area contributed by atoms with E-state index in [0.717, 1.165) is 15.6 Å². The van der Waals surface area contributed by atoms with Crippen LogP contribution < -0.4 is 20.1 Å². The number of hydrogen-bond donors (Lipinski definition) is 3. The molecule has 7 nitrogen and oxygen atoms in total. The van der Waals surface area contributed by atoms with E-state index in [2.05, 4.69) is 31.3 Å². The first kappa shape index (κ1) is 27.6. The molecule has 3 aromatic carbocycles. The summed E-state index contributed by atoms with van der Waals surface area (Å²) in [7, 11) is -3.77. The zero-order valence-electron chi connectivity index (χ0n) is 20.4. The van der Waals surface area contributed by atoms with Gasteiger partial charge in [-0.15, -0.1) is 0 Å². The highest BCUT2D eigenvalue weighted by Crippen LogP contribution is 2.24. The molecular formula is C26H28BrN3O4S2. The molecule has 0 aliphatic carbocycles. The average Bonchev–Trinajstić information content (AvgIpc) is 2.77. The van der Waals surface area contributed by atoms with Crippen molar-refractivity contribution in [2.75, 3.05) is 16.6 Å². The quantitative estimate of drug-likeness (QED) is 0.278. The van der Waals surface area contributed by atoms with E-state index >= 15 is 0 Å². The Bertz CT molecular complexity index is 1350. The van der Waals surface area contributed by atoms with E-state index in [9.17, 15) is 13.2 Å². The first-order valence-electron chi connectivity index (χ1n) is 11.2. The first-order chi connectivity index (χ1) is 16.9. The summed E-state index contributed by atoms with van der Waals surface area (Å²) in [5.41, 5.74) is 3.29. The molecule has 0 radical (unpaired) electrons. The molecule has 3 N–H and O–H groups in total.